The minimum atomic E-state index is 0.761. The largest absolute Gasteiger partial charge is 0.385 e. The van der Waals surface area contributed by atoms with Crippen LogP contribution in [0, 0.1) is 5.92 Å². The predicted octanol–water partition coefficient (Wildman–Crippen LogP) is 3.99. The van der Waals surface area contributed by atoms with Gasteiger partial charge in [0.25, 0.3) is 0 Å². The van der Waals surface area contributed by atoms with Gasteiger partial charge in [0.2, 0.25) is 0 Å². The number of nitrogens with one attached hydrogen (secondary N) is 1. The molecule has 1 aromatic carbocycles. The minimum absolute atomic E-state index is 0.761. The van der Waals surface area contributed by atoms with Crippen LogP contribution in [0.3, 0.4) is 0 Å². The van der Waals surface area contributed by atoms with Crippen LogP contribution in [0.2, 0.25) is 0 Å². The van der Waals surface area contributed by atoms with Crippen LogP contribution in [0.4, 0.5) is 5.69 Å². The summed E-state index contributed by atoms with van der Waals surface area (Å²) in [6, 6.07) is 8.80. The Hall–Kier alpha value is -1.02. The first-order chi connectivity index (χ1) is 8.65. The summed E-state index contributed by atoms with van der Waals surface area (Å²) in [5.41, 5.74) is 2.65. The van der Waals surface area contributed by atoms with Crippen molar-refractivity contribution in [1.82, 2.24) is 4.90 Å². The first-order valence-corrected chi connectivity index (χ1v) is 7.20. The zero-order valence-corrected chi connectivity index (χ0v) is 12.4. The van der Waals surface area contributed by atoms with Crippen molar-refractivity contribution in [3.05, 3.63) is 29.8 Å². The Bertz CT molecular complexity index is 330. The van der Waals surface area contributed by atoms with Crippen molar-refractivity contribution in [2.45, 2.75) is 40.7 Å². The summed E-state index contributed by atoms with van der Waals surface area (Å²) in [6.45, 7) is 13.3. The average molecular weight is 248 g/mol. The second-order valence-corrected chi connectivity index (χ2v) is 5.27. The molecule has 1 rings (SSSR count). The third-order valence-corrected chi connectivity index (χ3v) is 3.28. The van der Waals surface area contributed by atoms with Crippen molar-refractivity contribution in [3.63, 3.8) is 0 Å². The van der Waals surface area contributed by atoms with E-state index in [2.05, 4.69) is 62.2 Å². The molecule has 18 heavy (non-hydrogen) atoms. The molecule has 2 nitrogen and oxygen atoms in total. The van der Waals surface area contributed by atoms with E-state index in [1.807, 2.05) is 0 Å². The van der Waals surface area contributed by atoms with Gasteiger partial charge in [-0.15, -0.1) is 0 Å². The summed E-state index contributed by atoms with van der Waals surface area (Å²) >= 11 is 0. The molecule has 1 N–H and O–H groups in total. The van der Waals surface area contributed by atoms with Crippen LogP contribution in [-0.4, -0.2) is 24.5 Å². The van der Waals surface area contributed by atoms with Gasteiger partial charge in [-0.25, -0.2) is 0 Å². The predicted molar refractivity (Wildman–Crippen MR) is 81.0 cm³/mol. The van der Waals surface area contributed by atoms with Crippen molar-refractivity contribution in [1.29, 1.82) is 0 Å². The Labute approximate surface area is 112 Å². The molecule has 0 amide bonds. The Balaban J connectivity index is 2.51. The molecule has 0 aromatic heterocycles. The molecule has 0 spiro atoms. The summed E-state index contributed by atoms with van der Waals surface area (Å²) in [7, 11) is 0. The Morgan fingerprint density at radius 1 is 1.17 bits per heavy atom. The summed E-state index contributed by atoms with van der Waals surface area (Å²) in [4.78, 5) is 2.44. The summed E-state index contributed by atoms with van der Waals surface area (Å²) in [5.74, 6) is 0.761. The van der Waals surface area contributed by atoms with Crippen LogP contribution < -0.4 is 5.32 Å². The van der Waals surface area contributed by atoms with Gasteiger partial charge in [-0.3, -0.25) is 4.90 Å². The van der Waals surface area contributed by atoms with Gasteiger partial charge >= 0.3 is 0 Å². The Morgan fingerprint density at radius 3 is 2.50 bits per heavy atom. The van der Waals surface area contributed by atoms with Crippen molar-refractivity contribution in [3.8, 4) is 0 Å². The Morgan fingerprint density at radius 2 is 1.89 bits per heavy atom. The smallest absolute Gasteiger partial charge is 0.0343 e. The highest BCUT2D eigenvalue weighted by Gasteiger charge is 2.02. The van der Waals surface area contributed by atoms with Crippen molar-refractivity contribution in [2.24, 2.45) is 5.92 Å². The molecule has 0 aliphatic rings. The zero-order chi connectivity index (χ0) is 13.4. The highest BCUT2D eigenvalue weighted by Crippen LogP contribution is 2.13. The van der Waals surface area contributed by atoms with E-state index in [-0.39, 0.29) is 0 Å². The van der Waals surface area contributed by atoms with E-state index < -0.39 is 0 Å². The van der Waals surface area contributed by atoms with Crippen molar-refractivity contribution >= 4 is 5.69 Å². The van der Waals surface area contributed by atoms with Gasteiger partial charge in [-0.05, 0) is 43.1 Å². The molecule has 0 unspecified atom stereocenters. The number of benzene rings is 1. The summed E-state index contributed by atoms with van der Waals surface area (Å²) < 4.78 is 0. The molecule has 0 saturated heterocycles. The van der Waals surface area contributed by atoms with Gasteiger partial charge in [0.05, 0.1) is 0 Å². The van der Waals surface area contributed by atoms with Gasteiger partial charge in [0.1, 0.15) is 0 Å². The van der Waals surface area contributed by atoms with E-state index >= 15 is 0 Å². The first kappa shape index (κ1) is 15.0. The maximum Gasteiger partial charge on any atom is 0.0343 e. The van der Waals surface area contributed by atoms with Crippen LogP contribution in [0.25, 0.3) is 0 Å². The van der Waals surface area contributed by atoms with Crippen LogP contribution in [-0.2, 0) is 6.54 Å². The second-order valence-electron chi connectivity index (χ2n) is 5.27. The van der Waals surface area contributed by atoms with Crippen LogP contribution in [0.15, 0.2) is 24.3 Å². The quantitative estimate of drug-likeness (QED) is 0.748. The zero-order valence-electron chi connectivity index (χ0n) is 12.4. The SMILES string of the molecule is CCN(CC)Cc1cccc(NCCC(C)C)c1. The summed E-state index contributed by atoms with van der Waals surface area (Å²) in [6.07, 6.45) is 1.22. The number of hydrogen-bond acceptors (Lipinski definition) is 2. The van der Waals surface area contributed by atoms with Crippen molar-refractivity contribution < 1.29 is 0 Å². The fourth-order valence-corrected chi connectivity index (χ4v) is 1.99. The highest BCUT2D eigenvalue weighted by atomic mass is 15.1. The fourth-order valence-electron chi connectivity index (χ4n) is 1.99. The Kier molecular flexibility index (Phi) is 6.81. The molecule has 1 aromatic rings. The summed E-state index contributed by atoms with van der Waals surface area (Å²) in [5, 5.41) is 3.51. The molecule has 0 radical (unpaired) electrons. The van der Waals surface area contributed by atoms with E-state index in [4.69, 9.17) is 0 Å². The molecule has 0 aliphatic carbocycles. The highest BCUT2D eigenvalue weighted by molar-refractivity contribution is 5.45. The maximum atomic E-state index is 3.51. The van der Waals surface area contributed by atoms with Gasteiger partial charge in [-0.2, -0.15) is 0 Å². The molecule has 0 fully saturated rings. The van der Waals surface area contributed by atoms with Crippen molar-refractivity contribution in [2.75, 3.05) is 25.0 Å². The van der Waals surface area contributed by atoms with E-state index in [0.29, 0.717) is 0 Å². The van der Waals surface area contributed by atoms with Gasteiger partial charge in [0, 0.05) is 18.8 Å². The van der Waals surface area contributed by atoms with E-state index in [1.165, 1.54) is 17.7 Å². The third-order valence-electron chi connectivity index (χ3n) is 3.28. The first-order valence-electron chi connectivity index (χ1n) is 7.20. The fraction of sp³-hybridized carbons (Fsp3) is 0.625. The topological polar surface area (TPSA) is 15.3 Å². The number of rotatable bonds is 8. The molecule has 102 valence electrons. The lowest BCUT2D eigenvalue weighted by Gasteiger charge is -2.18. The van der Waals surface area contributed by atoms with Gasteiger partial charge in [-0.1, -0.05) is 39.8 Å². The van der Waals surface area contributed by atoms with Gasteiger partial charge in [0.15, 0.2) is 0 Å². The average Bonchev–Trinajstić information content (AvgIpc) is 2.36. The molecule has 0 bridgehead atoms. The number of hydrogen-bond donors (Lipinski definition) is 1. The monoisotopic (exact) mass is 248 g/mol. The second kappa shape index (κ2) is 8.15. The lowest BCUT2D eigenvalue weighted by atomic mass is 10.1. The standard InChI is InChI=1S/C16H28N2/c1-5-18(6-2)13-15-8-7-9-16(12-15)17-11-10-14(3)4/h7-9,12,14,17H,5-6,10-11,13H2,1-4H3. The van der Waals surface area contributed by atoms with E-state index in [9.17, 15) is 0 Å². The molecular formula is C16H28N2. The van der Waals surface area contributed by atoms with Crippen LogP contribution in [0.1, 0.15) is 39.7 Å². The molecule has 0 atom stereocenters. The molecule has 0 heterocycles. The maximum absolute atomic E-state index is 3.51. The van der Waals surface area contributed by atoms with E-state index in [1.54, 1.807) is 0 Å². The molecular weight excluding hydrogens is 220 g/mol. The lowest BCUT2D eigenvalue weighted by molar-refractivity contribution is 0.296. The molecule has 0 saturated carbocycles. The van der Waals surface area contributed by atoms with Crippen LogP contribution >= 0.6 is 0 Å². The molecule has 0 aliphatic heterocycles. The van der Waals surface area contributed by atoms with Crippen LogP contribution in [0.5, 0.6) is 0 Å². The number of anilines is 1. The number of nitrogens with zero attached hydrogens (tertiary/aromatic N) is 1. The van der Waals surface area contributed by atoms with E-state index in [0.717, 1.165) is 32.1 Å². The van der Waals surface area contributed by atoms with Gasteiger partial charge < -0.3 is 5.32 Å². The lowest BCUT2D eigenvalue weighted by Crippen LogP contribution is -2.22. The normalized spacial score (nSPS) is 11.2. The molecule has 2 heteroatoms. The third kappa shape index (κ3) is 5.54. The minimum Gasteiger partial charge on any atom is -0.385 e.